The predicted octanol–water partition coefficient (Wildman–Crippen LogP) is 8.08. The lowest BCUT2D eigenvalue weighted by Gasteiger charge is -2.16. The van der Waals surface area contributed by atoms with Crippen molar-refractivity contribution in [3.8, 4) is 0 Å². The minimum Gasteiger partial charge on any atom is -0.376 e. The molecule has 0 amide bonds. The molecule has 0 rings (SSSR count). The molecule has 0 aromatic carbocycles. The molecule has 0 aliphatic heterocycles. The highest BCUT2D eigenvalue weighted by Gasteiger charge is 2.08. The molecule has 1 nitrogen and oxygen atoms in total. The Balaban J connectivity index is 3.54. The maximum absolute atomic E-state index is 5.59. The van der Waals surface area contributed by atoms with Crippen LogP contribution in [0.15, 0.2) is 0 Å². The highest BCUT2D eigenvalue weighted by molar-refractivity contribution is 4.61. The van der Waals surface area contributed by atoms with Crippen molar-refractivity contribution in [2.24, 2.45) is 5.92 Å². The average Bonchev–Trinajstić information content (AvgIpc) is 2.57. The standard InChI is InChI=1S/C22H45O/c1-4-7-9-11-13-14-16-18-20-22(21-23-6-3)19-17-15-12-10-8-5-2/h6,22H,4-5,7-21H2,1-3H3. The first-order valence-electron chi connectivity index (χ1n) is 10.7. The van der Waals surface area contributed by atoms with Crippen LogP contribution in [0.2, 0.25) is 0 Å². The molecule has 0 bridgehead atoms. The number of hydrogen-bond acceptors (Lipinski definition) is 1. The van der Waals surface area contributed by atoms with Gasteiger partial charge in [-0.25, -0.2) is 0 Å². The van der Waals surface area contributed by atoms with Gasteiger partial charge in [0.15, 0.2) is 0 Å². The fraction of sp³-hybridized carbons (Fsp3) is 0.955. The van der Waals surface area contributed by atoms with Crippen molar-refractivity contribution in [1.29, 1.82) is 0 Å². The maximum Gasteiger partial charge on any atom is 0.0806 e. The lowest BCUT2D eigenvalue weighted by Crippen LogP contribution is -2.09. The number of unbranched alkanes of at least 4 members (excludes halogenated alkanes) is 12. The molecule has 0 aliphatic carbocycles. The van der Waals surface area contributed by atoms with Gasteiger partial charge < -0.3 is 4.74 Å². The van der Waals surface area contributed by atoms with Gasteiger partial charge in [-0.3, -0.25) is 0 Å². The monoisotopic (exact) mass is 325 g/mol. The Bertz CT molecular complexity index is 202. The second kappa shape index (κ2) is 20.0. The Morgan fingerprint density at radius 2 is 1.00 bits per heavy atom. The van der Waals surface area contributed by atoms with Crippen molar-refractivity contribution in [2.45, 2.75) is 124 Å². The van der Waals surface area contributed by atoms with E-state index < -0.39 is 0 Å². The SMILES string of the molecule is C[CH]OCC(CCCCCCCC)CCCCCCCCCC. The van der Waals surface area contributed by atoms with E-state index in [1.807, 2.05) is 13.5 Å². The van der Waals surface area contributed by atoms with E-state index in [9.17, 15) is 0 Å². The normalized spacial score (nSPS) is 12.7. The van der Waals surface area contributed by atoms with E-state index in [0.29, 0.717) is 0 Å². The molecule has 1 heteroatoms. The van der Waals surface area contributed by atoms with Crippen LogP contribution in [-0.4, -0.2) is 6.61 Å². The van der Waals surface area contributed by atoms with Crippen LogP contribution in [0.5, 0.6) is 0 Å². The summed E-state index contributed by atoms with van der Waals surface area (Å²) in [5.41, 5.74) is 0. The molecule has 0 saturated carbocycles. The fourth-order valence-electron chi connectivity index (χ4n) is 3.32. The summed E-state index contributed by atoms with van der Waals surface area (Å²) >= 11 is 0. The smallest absolute Gasteiger partial charge is 0.0806 e. The van der Waals surface area contributed by atoms with Gasteiger partial charge in [0.2, 0.25) is 0 Å². The molecule has 1 atom stereocenters. The summed E-state index contributed by atoms with van der Waals surface area (Å²) in [7, 11) is 0. The third kappa shape index (κ3) is 18.1. The average molecular weight is 326 g/mol. The van der Waals surface area contributed by atoms with E-state index in [2.05, 4.69) is 13.8 Å². The number of ether oxygens (including phenoxy) is 1. The molecule has 0 heterocycles. The number of rotatable bonds is 19. The van der Waals surface area contributed by atoms with Crippen LogP contribution in [0.25, 0.3) is 0 Å². The second-order valence-corrected chi connectivity index (χ2v) is 7.26. The van der Waals surface area contributed by atoms with E-state index in [1.54, 1.807) is 0 Å². The Hall–Kier alpha value is -0.0400. The Labute approximate surface area is 148 Å². The Morgan fingerprint density at radius 3 is 1.39 bits per heavy atom. The van der Waals surface area contributed by atoms with Gasteiger partial charge in [0.25, 0.3) is 0 Å². The third-order valence-electron chi connectivity index (χ3n) is 4.93. The quantitative estimate of drug-likeness (QED) is 0.218. The summed E-state index contributed by atoms with van der Waals surface area (Å²) in [4.78, 5) is 0. The molecule has 139 valence electrons. The predicted molar refractivity (Wildman–Crippen MR) is 105 cm³/mol. The van der Waals surface area contributed by atoms with Crippen LogP contribution in [0.3, 0.4) is 0 Å². The molecule has 1 radical (unpaired) electrons. The molecule has 1 unspecified atom stereocenters. The summed E-state index contributed by atoms with van der Waals surface area (Å²) < 4.78 is 5.59. The van der Waals surface area contributed by atoms with Gasteiger partial charge in [-0.05, 0) is 25.7 Å². The van der Waals surface area contributed by atoms with Crippen LogP contribution < -0.4 is 0 Å². The molecule has 0 aliphatic rings. The van der Waals surface area contributed by atoms with Gasteiger partial charge in [0.05, 0.1) is 6.61 Å². The lowest BCUT2D eigenvalue weighted by molar-refractivity contribution is 0.145. The van der Waals surface area contributed by atoms with Gasteiger partial charge in [-0.2, -0.15) is 0 Å². The third-order valence-corrected chi connectivity index (χ3v) is 4.93. The van der Waals surface area contributed by atoms with Crippen LogP contribution in [0.1, 0.15) is 124 Å². The van der Waals surface area contributed by atoms with E-state index in [0.717, 1.165) is 12.5 Å². The van der Waals surface area contributed by atoms with E-state index in [-0.39, 0.29) is 0 Å². The number of hydrogen-bond donors (Lipinski definition) is 0. The van der Waals surface area contributed by atoms with Crippen molar-refractivity contribution in [1.82, 2.24) is 0 Å². The van der Waals surface area contributed by atoms with Crippen LogP contribution in [0.4, 0.5) is 0 Å². The minimum absolute atomic E-state index is 0.789. The summed E-state index contributed by atoms with van der Waals surface area (Å²) in [6, 6.07) is 0. The van der Waals surface area contributed by atoms with Crippen LogP contribution >= 0.6 is 0 Å². The largest absolute Gasteiger partial charge is 0.376 e. The summed E-state index contributed by atoms with van der Waals surface area (Å²) in [5, 5.41) is 0. The van der Waals surface area contributed by atoms with E-state index in [4.69, 9.17) is 4.74 Å². The zero-order chi connectivity index (χ0) is 17.0. The first-order valence-corrected chi connectivity index (χ1v) is 10.7. The topological polar surface area (TPSA) is 9.23 Å². The first-order chi connectivity index (χ1) is 11.3. The second-order valence-electron chi connectivity index (χ2n) is 7.26. The summed E-state index contributed by atoms with van der Waals surface area (Å²) in [6.07, 6.45) is 22.6. The molecule has 0 spiro atoms. The molecule has 0 fully saturated rings. The van der Waals surface area contributed by atoms with Crippen molar-refractivity contribution in [2.75, 3.05) is 6.61 Å². The van der Waals surface area contributed by atoms with Gasteiger partial charge in [-0.15, -0.1) is 0 Å². The van der Waals surface area contributed by atoms with Crippen molar-refractivity contribution in [3.63, 3.8) is 0 Å². The molecule has 0 N–H and O–H groups in total. The van der Waals surface area contributed by atoms with Gasteiger partial charge in [-0.1, -0.05) is 104 Å². The Morgan fingerprint density at radius 1 is 0.609 bits per heavy atom. The minimum atomic E-state index is 0.789. The molecular weight excluding hydrogens is 280 g/mol. The van der Waals surface area contributed by atoms with E-state index >= 15 is 0 Å². The molecule has 23 heavy (non-hydrogen) atoms. The fourth-order valence-corrected chi connectivity index (χ4v) is 3.32. The highest BCUT2D eigenvalue weighted by Crippen LogP contribution is 2.20. The molecule has 0 aromatic rings. The van der Waals surface area contributed by atoms with Gasteiger partial charge in [0.1, 0.15) is 0 Å². The van der Waals surface area contributed by atoms with Crippen molar-refractivity contribution in [3.05, 3.63) is 6.61 Å². The van der Waals surface area contributed by atoms with Crippen LogP contribution in [-0.2, 0) is 4.74 Å². The van der Waals surface area contributed by atoms with Gasteiger partial charge >= 0.3 is 0 Å². The summed E-state index contributed by atoms with van der Waals surface area (Å²) in [6.45, 7) is 9.39. The van der Waals surface area contributed by atoms with Gasteiger partial charge in [0, 0.05) is 6.61 Å². The molecular formula is C22H45O. The molecule has 0 saturated heterocycles. The first kappa shape index (κ1) is 23.0. The van der Waals surface area contributed by atoms with Crippen LogP contribution in [0, 0.1) is 12.5 Å². The van der Waals surface area contributed by atoms with Crippen molar-refractivity contribution >= 4 is 0 Å². The maximum atomic E-state index is 5.59. The zero-order valence-corrected chi connectivity index (χ0v) is 16.6. The summed E-state index contributed by atoms with van der Waals surface area (Å²) in [5.74, 6) is 0.789. The van der Waals surface area contributed by atoms with Crippen molar-refractivity contribution < 1.29 is 4.74 Å². The Kier molecular flexibility index (Phi) is 20.0. The zero-order valence-electron chi connectivity index (χ0n) is 16.6. The highest BCUT2D eigenvalue weighted by atomic mass is 16.5. The lowest BCUT2D eigenvalue weighted by atomic mass is 9.94. The van der Waals surface area contributed by atoms with E-state index in [1.165, 1.54) is 103 Å². The molecule has 0 aromatic heterocycles.